The monoisotopic (exact) mass is 479 g/mol. The van der Waals surface area contributed by atoms with E-state index >= 15 is 0 Å². The molecular formula is C22H27Cl2N5O3. The number of esters is 1. The molecule has 0 bridgehead atoms. The van der Waals surface area contributed by atoms with Gasteiger partial charge in [0.25, 0.3) is 0 Å². The van der Waals surface area contributed by atoms with Crippen LogP contribution in [0.5, 0.6) is 0 Å². The number of hydrogen-bond donors (Lipinski definition) is 2. The van der Waals surface area contributed by atoms with E-state index in [0.29, 0.717) is 54.2 Å². The van der Waals surface area contributed by atoms with E-state index in [-0.39, 0.29) is 30.2 Å². The van der Waals surface area contributed by atoms with Crippen molar-refractivity contribution in [1.82, 2.24) is 15.5 Å². The zero-order chi connectivity index (χ0) is 23.3. The van der Waals surface area contributed by atoms with E-state index in [1.54, 1.807) is 0 Å². The fourth-order valence-electron chi connectivity index (χ4n) is 4.07. The maximum atomic E-state index is 13.0. The topological polar surface area (TPSA) is 107 Å². The second-order valence-corrected chi connectivity index (χ2v) is 9.00. The molecule has 2 heterocycles. The van der Waals surface area contributed by atoms with Crippen molar-refractivity contribution in [3.63, 3.8) is 0 Å². The van der Waals surface area contributed by atoms with Crippen LogP contribution in [-0.2, 0) is 22.5 Å². The predicted molar refractivity (Wildman–Crippen MR) is 123 cm³/mol. The largest absolute Gasteiger partial charge is 0.461 e. The summed E-state index contributed by atoms with van der Waals surface area (Å²) >= 11 is 13.0. The van der Waals surface area contributed by atoms with E-state index in [9.17, 15) is 9.59 Å². The molecule has 2 aliphatic heterocycles. The van der Waals surface area contributed by atoms with Crippen molar-refractivity contribution in [2.24, 2.45) is 10.9 Å². The van der Waals surface area contributed by atoms with E-state index in [1.165, 1.54) is 6.92 Å². The third-order valence-corrected chi connectivity index (χ3v) is 6.30. The summed E-state index contributed by atoms with van der Waals surface area (Å²) in [6.45, 7) is 6.23. The Morgan fingerprint density at radius 2 is 2.25 bits per heavy atom. The van der Waals surface area contributed by atoms with Crippen LogP contribution < -0.4 is 10.6 Å². The molecule has 1 aromatic carbocycles. The van der Waals surface area contributed by atoms with Crippen LogP contribution in [0.25, 0.3) is 0 Å². The molecule has 3 rings (SSSR count). The summed E-state index contributed by atoms with van der Waals surface area (Å²) in [5.41, 5.74) is 2.40. The SMILES string of the molecule is CC(=O)O[C@H]1CCN(C(=NC[C@@H](C)CC(=O)c2c(Cl)cc3c(c2Cl)CCNC3)NC#N)C1. The number of hydrogen-bond acceptors (Lipinski definition) is 6. The standard InChI is InChI=1S/C22H27Cl2N5O3/c1-13(9-27-22(28-12-25)29-6-4-16(11-29)32-14(2)30)7-19(31)20-18(23)8-15-10-26-5-3-17(15)21(20)24/h8,13,16,26H,3-7,9-11H2,1-2H3,(H,27,28)/t13-,16-/m0/s1. The summed E-state index contributed by atoms with van der Waals surface area (Å²) in [6, 6.07) is 1.83. The molecule has 2 atom stereocenters. The number of ketones is 1. The van der Waals surface area contributed by atoms with Gasteiger partial charge in [-0.2, -0.15) is 5.26 Å². The van der Waals surface area contributed by atoms with Crippen LogP contribution in [0.2, 0.25) is 10.0 Å². The Morgan fingerprint density at radius 1 is 1.47 bits per heavy atom. The first-order valence-electron chi connectivity index (χ1n) is 10.7. The summed E-state index contributed by atoms with van der Waals surface area (Å²) in [6.07, 6.45) is 3.34. The lowest BCUT2D eigenvalue weighted by Gasteiger charge is -2.21. The lowest BCUT2D eigenvalue weighted by atomic mass is 9.93. The molecule has 2 aliphatic rings. The van der Waals surface area contributed by atoms with E-state index in [1.807, 2.05) is 24.1 Å². The Balaban J connectivity index is 1.65. The van der Waals surface area contributed by atoms with E-state index in [0.717, 1.165) is 24.1 Å². The number of likely N-dealkylation sites (tertiary alicyclic amines) is 1. The normalized spacial score (nSPS) is 19.2. The Morgan fingerprint density at radius 3 is 2.97 bits per heavy atom. The lowest BCUT2D eigenvalue weighted by Crippen LogP contribution is -2.39. The number of rotatable bonds is 6. The molecular weight excluding hydrogens is 453 g/mol. The van der Waals surface area contributed by atoms with Gasteiger partial charge in [0, 0.05) is 39.4 Å². The summed E-state index contributed by atoms with van der Waals surface area (Å²) in [7, 11) is 0. The molecule has 32 heavy (non-hydrogen) atoms. The molecule has 0 aromatic heterocycles. The molecule has 8 nitrogen and oxygen atoms in total. The number of nitrogens with one attached hydrogen (secondary N) is 2. The zero-order valence-electron chi connectivity index (χ0n) is 18.2. The molecule has 1 aromatic rings. The molecule has 0 spiro atoms. The maximum absolute atomic E-state index is 13.0. The number of carbonyl (C=O) groups excluding carboxylic acids is 2. The first kappa shape index (κ1) is 24.3. The number of halogens is 2. The van der Waals surface area contributed by atoms with Gasteiger partial charge >= 0.3 is 5.97 Å². The number of nitriles is 1. The molecule has 0 radical (unpaired) electrons. The van der Waals surface area contributed by atoms with Crippen LogP contribution in [0.1, 0.15) is 48.2 Å². The highest BCUT2D eigenvalue weighted by molar-refractivity contribution is 6.40. The van der Waals surface area contributed by atoms with Gasteiger partial charge in [-0.25, -0.2) is 0 Å². The summed E-state index contributed by atoms with van der Waals surface area (Å²) in [5.74, 6) is -0.116. The zero-order valence-corrected chi connectivity index (χ0v) is 19.7. The number of guanidine groups is 1. The van der Waals surface area contributed by atoms with Crippen molar-refractivity contribution < 1.29 is 14.3 Å². The second kappa shape index (κ2) is 11.0. The molecule has 2 N–H and O–H groups in total. The highest BCUT2D eigenvalue weighted by Gasteiger charge is 2.28. The van der Waals surface area contributed by atoms with Gasteiger partial charge in [0.1, 0.15) is 6.10 Å². The van der Waals surface area contributed by atoms with Gasteiger partial charge in [0.2, 0.25) is 5.96 Å². The number of nitrogens with zero attached hydrogens (tertiary/aromatic N) is 3. The van der Waals surface area contributed by atoms with Gasteiger partial charge in [-0.1, -0.05) is 30.1 Å². The van der Waals surface area contributed by atoms with Crippen LogP contribution in [-0.4, -0.2) is 54.9 Å². The van der Waals surface area contributed by atoms with E-state index in [4.69, 9.17) is 33.2 Å². The van der Waals surface area contributed by atoms with Crippen LogP contribution in [0.3, 0.4) is 0 Å². The van der Waals surface area contributed by atoms with E-state index in [2.05, 4.69) is 15.6 Å². The van der Waals surface area contributed by atoms with Crippen LogP contribution >= 0.6 is 23.2 Å². The molecule has 172 valence electrons. The van der Waals surface area contributed by atoms with Gasteiger partial charge in [-0.15, -0.1) is 0 Å². The number of Topliss-reactive ketones (excluding diaryl/α,β-unsaturated/α-hetero) is 1. The first-order valence-corrected chi connectivity index (χ1v) is 11.4. The van der Waals surface area contributed by atoms with Crippen molar-refractivity contribution >= 4 is 40.9 Å². The summed E-state index contributed by atoms with van der Waals surface area (Å²) in [4.78, 5) is 30.6. The Labute approximate surface area is 197 Å². The van der Waals surface area contributed by atoms with Crippen molar-refractivity contribution in [1.29, 1.82) is 5.26 Å². The first-order chi connectivity index (χ1) is 15.3. The van der Waals surface area contributed by atoms with Gasteiger partial charge in [-0.3, -0.25) is 19.9 Å². The minimum absolute atomic E-state index is 0.0882. The quantitative estimate of drug-likeness (QED) is 0.161. The number of ether oxygens (including phenoxy) is 1. The molecule has 10 heteroatoms. The summed E-state index contributed by atoms with van der Waals surface area (Å²) in [5, 5.41) is 15.8. The minimum atomic E-state index is -0.327. The number of aliphatic imine (C=N–C) groups is 1. The second-order valence-electron chi connectivity index (χ2n) is 8.21. The fourth-order valence-corrected chi connectivity index (χ4v) is 4.88. The van der Waals surface area contributed by atoms with Gasteiger partial charge < -0.3 is 15.0 Å². The third kappa shape index (κ3) is 5.91. The van der Waals surface area contributed by atoms with Gasteiger partial charge in [-0.05, 0) is 36.1 Å². The van der Waals surface area contributed by atoms with Crippen LogP contribution in [0, 0.1) is 17.4 Å². The highest BCUT2D eigenvalue weighted by Crippen LogP contribution is 2.34. The number of benzene rings is 1. The van der Waals surface area contributed by atoms with Crippen molar-refractivity contribution in [2.45, 2.75) is 45.8 Å². The Kier molecular flexibility index (Phi) is 8.35. The average Bonchev–Trinajstić information content (AvgIpc) is 3.18. The maximum Gasteiger partial charge on any atom is 0.302 e. The molecule has 0 aliphatic carbocycles. The van der Waals surface area contributed by atoms with Crippen LogP contribution in [0.15, 0.2) is 11.1 Å². The van der Waals surface area contributed by atoms with Gasteiger partial charge in [0.05, 0.1) is 22.2 Å². The van der Waals surface area contributed by atoms with Crippen molar-refractivity contribution in [3.8, 4) is 6.19 Å². The minimum Gasteiger partial charge on any atom is -0.461 e. The van der Waals surface area contributed by atoms with Crippen molar-refractivity contribution in [2.75, 3.05) is 26.2 Å². The summed E-state index contributed by atoms with van der Waals surface area (Å²) < 4.78 is 5.24. The number of fused-ring (bicyclic) bond motifs is 1. The van der Waals surface area contributed by atoms with Crippen LogP contribution in [0.4, 0.5) is 0 Å². The molecule has 0 saturated carbocycles. The van der Waals surface area contributed by atoms with Gasteiger partial charge in [0.15, 0.2) is 12.0 Å². The number of carbonyl (C=O) groups is 2. The third-order valence-electron chi connectivity index (χ3n) is 5.59. The average molecular weight is 480 g/mol. The van der Waals surface area contributed by atoms with Crippen molar-refractivity contribution in [3.05, 3.63) is 32.8 Å². The molecule has 0 unspecified atom stereocenters. The molecule has 1 fully saturated rings. The Bertz CT molecular complexity index is 960. The molecule has 0 amide bonds. The highest BCUT2D eigenvalue weighted by atomic mass is 35.5. The van der Waals surface area contributed by atoms with E-state index < -0.39 is 0 Å². The fraction of sp³-hybridized carbons (Fsp3) is 0.545. The molecule has 1 saturated heterocycles. The lowest BCUT2D eigenvalue weighted by molar-refractivity contribution is -0.145. The smallest absolute Gasteiger partial charge is 0.302 e. The Hall–Kier alpha value is -2.34. The predicted octanol–water partition coefficient (Wildman–Crippen LogP) is 2.91.